The molecule has 0 saturated heterocycles. The minimum atomic E-state index is -0.489. The zero-order chi connectivity index (χ0) is 18.2. The van der Waals surface area contributed by atoms with Crippen LogP contribution < -0.4 is 5.32 Å². The van der Waals surface area contributed by atoms with Gasteiger partial charge in [0, 0.05) is 26.3 Å². The summed E-state index contributed by atoms with van der Waals surface area (Å²) in [7, 11) is 3.42. The molecular formula is C19H30N4O2. The fraction of sp³-hybridized carbons (Fsp3) is 0.632. The molecule has 6 nitrogen and oxygen atoms in total. The Balaban J connectivity index is 2.12. The first kappa shape index (κ1) is 19.2. The van der Waals surface area contributed by atoms with Crippen molar-refractivity contribution in [2.24, 2.45) is 0 Å². The molecule has 1 aliphatic rings. The molecule has 0 aromatic carbocycles. The van der Waals surface area contributed by atoms with Crippen LogP contribution in [0.15, 0.2) is 24.4 Å². The average molecular weight is 346 g/mol. The van der Waals surface area contributed by atoms with Gasteiger partial charge in [-0.05, 0) is 31.4 Å². The standard InChI is InChI=1S/C19H30N4O2/c1-4-17(18(24)22(2)3)21-19(25)23(16-11-6-5-7-12-16)14-15-10-8-9-13-20-15/h8-10,13,16-17H,4-7,11-12,14H2,1-3H3,(H,21,25). The highest BCUT2D eigenvalue weighted by Gasteiger charge is 2.29. The lowest BCUT2D eigenvalue weighted by atomic mass is 9.94. The van der Waals surface area contributed by atoms with E-state index in [0.717, 1.165) is 31.4 Å². The second kappa shape index (κ2) is 9.39. The zero-order valence-electron chi connectivity index (χ0n) is 15.6. The molecule has 1 atom stereocenters. The molecule has 138 valence electrons. The maximum Gasteiger partial charge on any atom is 0.318 e. The van der Waals surface area contributed by atoms with Crippen LogP contribution in [0.25, 0.3) is 0 Å². The van der Waals surface area contributed by atoms with Gasteiger partial charge in [0.2, 0.25) is 5.91 Å². The van der Waals surface area contributed by atoms with Crippen LogP contribution >= 0.6 is 0 Å². The smallest absolute Gasteiger partial charge is 0.318 e. The molecular weight excluding hydrogens is 316 g/mol. The van der Waals surface area contributed by atoms with Crippen LogP contribution in [0.3, 0.4) is 0 Å². The number of hydrogen-bond acceptors (Lipinski definition) is 3. The third-order valence-electron chi connectivity index (χ3n) is 4.78. The molecule has 1 fully saturated rings. The normalized spacial score (nSPS) is 16.1. The minimum absolute atomic E-state index is 0.0720. The third-order valence-corrected chi connectivity index (χ3v) is 4.78. The van der Waals surface area contributed by atoms with Gasteiger partial charge in [0.05, 0.1) is 12.2 Å². The minimum Gasteiger partial charge on any atom is -0.347 e. The number of rotatable bonds is 6. The van der Waals surface area contributed by atoms with Crippen molar-refractivity contribution < 1.29 is 9.59 Å². The van der Waals surface area contributed by atoms with Gasteiger partial charge in [-0.2, -0.15) is 0 Å². The number of hydrogen-bond donors (Lipinski definition) is 1. The summed E-state index contributed by atoms with van der Waals surface area (Å²) in [6.45, 7) is 2.39. The van der Waals surface area contributed by atoms with Crippen LogP contribution in [0.2, 0.25) is 0 Å². The quantitative estimate of drug-likeness (QED) is 0.861. The second-order valence-electron chi connectivity index (χ2n) is 6.88. The van der Waals surface area contributed by atoms with Crippen LogP contribution in [-0.2, 0) is 11.3 Å². The Bertz CT molecular complexity index is 556. The van der Waals surface area contributed by atoms with Crippen molar-refractivity contribution in [3.05, 3.63) is 30.1 Å². The molecule has 1 aromatic heterocycles. The SMILES string of the molecule is CCC(NC(=O)N(Cc1ccccn1)C1CCCCC1)C(=O)N(C)C. The summed E-state index contributed by atoms with van der Waals surface area (Å²) < 4.78 is 0. The zero-order valence-corrected chi connectivity index (χ0v) is 15.6. The van der Waals surface area contributed by atoms with E-state index in [1.54, 1.807) is 20.3 Å². The Labute approximate surface area is 150 Å². The molecule has 1 heterocycles. The Morgan fingerprint density at radius 3 is 2.52 bits per heavy atom. The molecule has 0 aliphatic heterocycles. The number of likely N-dealkylation sites (N-methyl/N-ethyl adjacent to an activating group) is 1. The van der Waals surface area contributed by atoms with Crippen molar-refractivity contribution in [3.63, 3.8) is 0 Å². The number of aromatic nitrogens is 1. The van der Waals surface area contributed by atoms with E-state index in [0.29, 0.717) is 13.0 Å². The van der Waals surface area contributed by atoms with E-state index in [-0.39, 0.29) is 18.0 Å². The van der Waals surface area contributed by atoms with Crippen LogP contribution in [0, 0.1) is 0 Å². The van der Waals surface area contributed by atoms with E-state index in [1.807, 2.05) is 30.0 Å². The number of nitrogens with zero attached hydrogens (tertiary/aromatic N) is 3. The van der Waals surface area contributed by atoms with E-state index < -0.39 is 6.04 Å². The fourth-order valence-electron chi connectivity index (χ4n) is 3.31. The van der Waals surface area contributed by atoms with Crippen molar-refractivity contribution >= 4 is 11.9 Å². The number of carbonyl (C=O) groups excluding carboxylic acids is 2. The van der Waals surface area contributed by atoms with Gasteiger partial charge in [-0.25, -0.2) is 4.79 Å². The van der Waals surface area contributed by atoms with Crippen molar-refractivity contribution in [3.8, 4) is 0 Å². The summed E-state index contributed by atoms with van der Waals surface area (Å²) in [5.41, 5.74) is 0.871. The lowest BCUT2D eigenvalue weighted by molar-refractivity contribution is -0.130. The summed E-state index contributed by atoms with van der Waals surface area (Å²) in [5.74, 6) is -0.0720. The van der Waals surface area contributed by atoms with Gasteiger partial charge in [-0.1, -0.05) is 32.3 Å². The lowest BCUT2D eigenvalue weighted by Gasteiger charge is -2.35. The van der Waals surface area contributed by atoms with Crippen LogP contribution in [0.4, 0.5) is 4.79 Å². The van der Waals surface area contributed by atoms with Gasteiger partial charge in [-0.3, -0.25) is 9.78 Å². The van der Waals surface area contributed by atoms with Gasteiger partial charge in [0.15, 0.2) is 0 Å². The van der Waals surface area contributed by atoms with E-state index in [2.05, 4.69) is 10.3 Å². The van der Waals surface area contributed by atoms with E-state index >= 15 is 0 Å². The maximum absolute atomic E-state index is 13.0. The van der Waals surface area contributed by atoms with Gasteiger partial charge in [0.1, 0.15) is 6.04 Å². The van der Waals surface area contributed by atoms with E-state index in [1.165, 1.54) is 11.3 Å². The number of amides is 3. The molecule has 0 spiro atoms. The monoisotopic (exact) mass is 346 g/mol. The second-order valence-corrected chi connectivity index (χ2v) is 6.88. The van der Waals surface area contributed by atoms with Crippen molar-refractivity contribution in [1.82, 2.24) is 20.1 Å². The average Bonchev–Trinajstić information content (AvgIpc) is 2.64. The number of nitrogens with one attached hydrogen (secondary N) is 1. The van der Waals surface area contributed by atoms with Crippen LogP contribution in [0.5, 0.6) is 0 Å². The van der Waals surface area contributed by atoms with Gasteiger partial charge in [0.25, 0.3) is 0 Å². The summed E-state index contributed by atoms with van der Waals surface area (Å²) >= 11 is 0. The van der Waals surface area contributed by atoms with Gasteiger partial charge in [-0.15, -0.1) is 0 Å². The summed E-state index contributed by atoms with van der Waals surface area (Å²) in [4.78, 5) is 33.0. The largest absolute Gasteiger partial charge is 0.347 e. The number of pyridine rings is 1. The molecule has 1 aromatic rings. The van der Waals surface area contributed by atoms with Crippen LogP contribution in [-0.4, -0.2) is 52.9 Å². The molecule has 1 aliphatic carbocycles. The van der Waals surface area contributed by atoms with Crippen molar-refractivity contribution in [2.75, 3.05) is 14.1 Å². The number of carbonyl (C=O) groups is 2. The van der Waals surface area contributed by atoms with Crippen molar-refractivity contribution in [1.29, 1.82) is 0 Å². The highest BCUT2D eigenvalue weighted by molar-refractivity contribution is 5.86. The lowest BCUT2D eigenvalue weighted by Crippen LogP contribution is -2.53. The molecule has 1 N–H and O–H groups in total. The summed E-state index contributed by atoms with van der Waals surface area (Å²) in [6.07, 6.45) is 7.86. The maximum atomic E-state index is 13.0. The molecule has 2 rings (SSSR count). The number of urea groups is 1. The Kier molecular flexibility index (Phi) is 7.22. The highest BCUT2D eigenvalue weighted by Crippen LogP contribution is 2.24. The molecule has 0 radical (unpaired) electrons. The topological polar surface area (TPSA) is 65.5 Å². The molecule has 25 heavy (non-hydrogen) atoms. The summed E-state index contributed by atoms with van der Waals surface area (Å²) in [6, 6.07) is 5.30. The molecule has 3 amide bonds. The first-order valence-corrected chi connectivity index (χ1v) is 9.21. The molecule has 6 heteroatoms. The first-order chi connectivity index (χ1) is 12.0. The van der Waals surface area contributed by atoms with Gasteiger partial charge < -0.3 is 15.1 Å². The summed E-state index contributed by atoms with van der Waals surface area (Å²) in [5, 5.41) is 2.93. The third kappa shape index (κ3) is 5.44. The Hall–Kier alpha value is -2.11. The van der Waals surface area contributed by atoms with Crippen LogP contribution in [0.1, 0.15) is 51.1 Å². The highest BCUT2D eigenvalue weighted by atomic mass is 16.2. The molecule has 1 saturated carbocycles. The Morgan fingerprint density at radius 2 is 1.96 bits per heavy atom. The van der Waals surface area contributed by atoms with E-state index in [4.69, 9.17) is 0 Å². The fourth-order valence-corrected chi connectivity index (χ4v) is 3.31. The molecule has 1 unspecified atom stereocenters. The predicted molar refractivity (Wildman–Crippen MR) is 98.0 cm³/mol. The van der Waals surface area contributed by atoms with Gasteiger partial charge >= 0.3 is 6.03 Å². The van der Waals surface area contributed by atoms with Crippen molar-refractivity contribution in [2.45, 2.75) is 64.1 Å². The van der Waals surface area contributed by atoms with E-state index in [9.17, 15) is 9.59 Å². The molecule has 0 bridgehead atoms. The Morgan fingerprint density at radius 1 is 1.24 bits per heavy atom. The predicted octanol–water partition coefficient (Wildman–Crippen LogP) is 2.79. The first-order valence-electron chi connectivity index (χ1n) is 9.21.